The number of aliphatic carboxylic acids is 1. The number of carbonyl (C=O) groups excluding carboxylic acids is 1. The average Bonchev–Trinajstić information content (AvgIpc) is 2.37. The number of nitrogens with one attached hydrogen (secondary N) is 1. The van der Waals surface area contributed by atoms with Gasteiger partial charge in [-0.3, -0.25) is 0 Å². The number of nitrogens with zero attached hydrogens (tertiary/aromatic N) is 1. The molecule has 7 nitrogen and oxygen atoms in total. The molecule has 2 unspecified atom stereocenters. The van der Waals surface area contributed by atoms with Gasteiger partial charge in [0.15, 0.2) is 0 Å². The van der Waals surface area contributed by atoms with Crippen molar-refractivity contribution in [3.8, 4) is 0 Å². The zero-order valence-electron chi connectivity index (χ0n) is 11.3. The first-order chi connectivity index (χ1) is 9.04. The Kier molecular flexibility index (Phi) is 6.58. The molecule has 0 aromatic heterocycles. The van der Waals surface area contributed by atoms with Crippen molar-refractivity contribution in [2.75, 3.05) is 26.8 Å². The third kappa shape index (κ3) is 5.44. The van der Waals surface area contributed by atoms with Crippen molar-refractivity contribution in [1.29, 1.82) is 0 Å². The molecule has 0 saturated carbocycles. The third-order valence-corrected chi connectivity index (χ3v) is 3.18. The van der Waals surface area contributed by atoms with Crippen molar-refractivity contribution >= 4 is 12.0 Å². The van der Waals surface area contributed by atoms with Crippen molar-refractivity contribution in [2.45, 2.75) is 37.8 Å². The highest BCUT2D eigenvalue weighted by Crippen LogP contribution is 2.09. The first-order valence-corrected chi connectivity index (χ1v) is 6.57. The largest absolute Gasteiger partial charge is 0.480 e. The number of hydrogen-bond donors (Lipinski definition) is 3. The number of amides is 2. The second-order valence-corrected chi connectivity index (χ2v) is 4.82. The summed E-state index contributed by atoms with van der Waals surface area (Å²) < 4.78 is 4.87. The van der Waals surface area contributed by atoms with E-state index in [0.717, 1.165) is 12.8 Å². The van der Waals surface area contributed by atoms with Crippen molar-refractivity contribution in [1.82, 2.24) is 10.2 Å². The normalized spacial score (nSPS) is 20.9. The zero-order valence-corrected chi connectivity index (χ0v) is 11.3. The fourth-order valence-electron chi connectivity index (χ4n) is 2.12. The number of hydrogen-bond acceptors (Lipinski definition) is 4. The van der Waals surface area contributed by atoms with Crippen LogP contribution >= 0.6 is 0 Å². The molecule has 0 aromatic rings. The maximum absolute atomic E-state index is 12.0. The van der Waals surface area contributed by atoms with Gasteiger partial charge in [0.1, 0.15) is 6.04 Å². The van der Waals surface area contributed by atoms with Crippen LogP contribution in [0.4, 0.5) is 4.79 Å². The highest BCUT2D eigenvalue weighted by molar-refractivity contribution is 5.82. The van der Waals surface area contributed by atoms with E-state index in [-0.39, 0.29) is 12.1 Å². The van der Waals surface area contributed by atoms with Gasteiger partial charge >= 0.3 is 12.0 Å². The summed E-state index contributed by atoms with van der Waals surface area (Å²) in [7, 11) is 1.56. The lowest BCUT2D eigenvalue weighted by Crippen LogP contribution is -2.53. The van der Waals surface area contributed by atoms with Crippen molar-refractivity contribution in [3.63, 3.8) is 0 Å². The van der Waals surface area contributed by atoms with Crippen LogP contribution in [-0.2, 0) is 9.53 Å². The fraction of sp³-hybridized carbons (Fsp3) is 0.833. The van der Waals surface area contributed by atoms with Gasteiger partial charge in [-0.25, -0.2) is 9.59 Å². The molecule has 1 aliphatic rings. The molecular weight excluding hydrogens is 250 g/mol. The lowest BCUT2D eigenvalue weighted by atomic mass is 10.1. The molecule has 1 fully saturated rings. The van der Waals surface area contributed by atoms with E-state index in [1.807, 2.05) is 0 Å². The summed E-state index contributed by atoms with van der Waals surface area (Å²) in [6.07, 6.45) is 2.71. The summed E-state index contributed by atoms with van der Waals surface area (Å²) >= 11 is 0. The molecule has 1 saturated heterocycles. The quantitative estimate of drug-likeness (QED) is 0.591. The summed E-state index contributed by atoms with van der Waals surface area (Å²) in [5.41, 5.74) is 5.80. The minimum absolute atomic E-state index is 0.0173. The number of urea groups is 1. The second-order valence-electron chi connectivity index (χ2n) is 4.82. The van der Waals surface area contributed by atoms with Gasteiger partial charge in [0.05, 0.1) is 0 Å². The summed E-state index contributed by atoms with van der Waals surface area (Å²) in [5.74, 6) is -1.02. The number of carboxylic acids is 1. The highest BCUT2D eigenvalue weighted by Gasteiger charge is 2.25. The average molecular weight is 273 g/mol. The molecular formula is C12H23N3O4. The van der Waals surface area contributed by atoms with Crippen LogP contribution in [0.15, 0.2) is 0 Å². The number of nitrogens with two attached hydrogens (primary N) is 1. The molecule has 0 bridgehead atoms. The van der Waals surface area contributed by atoms with E-state index in [1.54, 1.807) is 12.0 Å². The molecule has 0 aromatic carbocycles. The number of methoxy groups -OCH3 is 1. The lowest BCUT2D eigenvalue weighted by Gasteiger charge is -2.31. The number of piperidine rings is 1. The van der Waals surface area contributed by atoms with Gasteiger partial charge in [0, 0.05) is 32.8 Å². The predicted molar refractivity (Wildman–Crippen MR) is 69.8 cm³/mol. The predicted octanol–water partition coefficient (Wildman–Crippen LogP) is -0.00110. The van der Waals surface area contributed by atoms with Gasteiger partial charge in [-0.15, -0.1) is 0 Å². The van der Waals surface area contributed by atoms with Crippen molar-refractivity contribution in [3.05, 3.63) is 0 Å². The smallest absolute Gasteiger partial charge is 0.326 e. The molecule has 110 valence electrons. The van der Waals surface area contributed by atoms with Gasteiger partial charge in [0.2, 0.25) is 0 Å². The number of likely N-dealkylation sites (tertiary alicyclic amines) is 1. The molecule has 1 rings (SSSR count). The summed E-state index contributed by atoms with van der Waals surface area (Å²) in [4.78, 5) is 24.6. The van der Waals surface area contributed by atoms with Crippen LogP contribution in [0.25, 0.3) is 0 Å². The van der Waals surface area contributed by atoms with E-state index in [1.165, 1.54) is 0 Å². The van der Waals surface area contributed by atoms with Crippen LogP contribution in [0, 0.1) is 0 Å². The Hall–Kier alpha value is -1.34. The Morgan fingerprint density at radius 3 is 2.89 bits per heavy atom. The van der Waals surface area contributed by atoms with Crippen molar-refractivity contribution in [2.24, 2.45) is 5.73 Å². The fourth-order valence-corrected chi connectivity index (χ4v) is 2.12. The monoisotopic (exact) mass is 273 g/mol. The Morgan fingerprint density at radius 1 is 1.58 bits per heavy atom. The first-order valence-electron chi connectivity index (χ1n) is 6.57. The lowest BCUT2D eigenvalue weighted by molar-refractivity contribution is -0.139. The summed E-state index contributed by atoms with van der Waals surface area (Å²) in [6, 6.07) is -1.24. The molecule has 0 radical (unpaired) electrons. The van der Waals surface area contributed by atoms with Gasteiger partial charge < -0.3 is 25.8 Å². The van der Waals surface area contributed by atoms with E-state index in [4.69, 9.17) is 15.6 Å². The molecule has 2 amide bonds. The molecule has 1 aliphatic heterocycles. The maximum atomic E-state index is 12.0. The number of carboxylic acid groups (broad SMARTS) is 1. The Bertz CT molecular complexity index is 311. The maximum Gasteiger partial charge on any atom is 0.326 e. The van der Waals surface area contributed by atoms with Gasteiger partial charge in [-0.1, -0.05) is 0 Å². The van der Waals surface area contributed by atoms with Crippen LogP contribution < -0.4 is 11.1 Å². The molecule has 19 heavy (non-hydrogen) atoms. The Morgan fingerprint density at radius 2 is 2.32 bits per heavy atom. The van der Waals surface area contributed by atoms with Crippen molar-refractivity contribution < 1.29 is 19.4 Å². The summed E-state index contributed by atoms with van der Waals surface area (Å²) in [5, 5.41) is 11.6. The van der Waals surface area contributed by atoms with E-state index in [0.29, 0.717) is 32.5 Å². The van der Waals surface area contributed by atoms with Crippen LogP contribution in [0.2, 0.25) is 0 Å². The highest BCUT2D eigenvalue weighted by atomic mass is 16.5. The van der Waals surface area contributed by atoms with E-state index in [2.05, 4.69) is 5.32 Å². The molecule has 1 heterocycles. The Labute approximate surface area is 113 Å². The van der Waals surface area contributed by atoms with Gasteiger partial charge in [0.25, 0.3) is 0 Å². The number of carbonyl (C=O) groups is 2. The second kappa shape index (κ2) is 7.96. The molecule has 2 atom stereocenters. The molecule has 7 heteroatoms. The van der Waals surface area contributed by atoms with Crippen LogP contribution in [0.1, 0.15) is 25.7 Å². The minimum atomic E-state index is -1.02. The van der Waals surface area contributed by atoms with E-state index >= 15 is 0 Å². The standard InChI is InChI=1S/C12H23N3O4/c1-19-7-3-5-10(11(16)17)14-12(18)15-6-2-4-9(13)8-15/h9-10H,2-8,13H2,1H3,(H,14,18)(H,16,17). The molecule has 0 aliphatic carbocycles. The third-order valence-electron chi connectivity index (χ3n) is 3.18. The van der Waals surface area contributed by atoms with E-state index < -0.39 is 12.0 Å². The summed E-state index contributed by atoms with van der Waals surface area (Å²) in [6.45, 7) is 1.59. The van der Waals surface area contributed by atoms with Crippen LogP contribution in [0.5, 0.6) is 0 Å². The van der Waals surface area contributed by atoms with Crippen LogP contribution in [-0.4, -0.2) is 60.9 Å². The first kappa shape index (κ1) is 15.7. The number of rotatable bonds is 6. The van der Waals surface area contributed by atoms with Crippen LogP contribution in [0.3, 0.4) is 0 Å². The van der Waals surface area contributed by atoms with Gasteiger partial charge in [-0.2, -0.15) is 0 Å². The van der Waals surface area contributed by atoms with E-state index in [9.17, 15) is 9.59 Å². The topological polar surface area (TPSA) is 105 Å². The SMILES string of the molecule is COCCCC(NC(=O)N1CCCC(N)C1)C(=O)O. The zero-order chi connectivity index (χ0) is 14.3. The Balaban J connectivity index is 2.43. The minimum Gasteiger partial charge on any atom is -0.480 e. The number of ether oxygens (including phenoxy) is 1. The molecule has 4 N–H and O–H groups in total. The van der Waals surface area contributed by atoms with Gasteiger partial charge in [-0.05, 0) is 25.7 Å². The molecule has 0 spiro atoms.